The maximum atomic E-state index is 11.9. The van der Waals surface area contributed by atoms with E-state index in [1.807, 2.05) is 31.5 Å². The molecule has 3 N–H and O–H groups in total. The van der Waals surface area contributed by atoms with Crippen molar-refractivity contribution in [2.45, 2.75) is 38.0 Å². The molecule has 6 rings (SSSR count). The SMILES string of the molecule is CNC(=O)c1ccnc(Nc2cc3cc(-c4cc(C)ncc4OC4C[C@H]5COC[C@@H](C4)N5)ccn3n2)c1. The number of nitrogens with one attached hydrogen (secondary N) is 3. The molecule has 2 bridgehead atoms. The Morgan fingerprint density at radius 2 is 1.95 bits per heavy atom. The Hall–Kier alpha value is -4.02. The van der Waals surface area contributed by atoms with Gasteiger partial charge in [-0.3, -0.25) is 9.78 Å². The summed E-state index contributed by atoms with van der Waals surface area (Å²) in [6.07, 6.45) is 7.30. The van der Waals surface area contributed by atoms with Gasteiger partial charge in [-0.25, -0.2) is 9.50 Å². The molecule has 0 aliphatic carbocycles. The average Bonchev–Trinajstić information content (AvgIpc) is 3.30. The first kappa shape index (κ1) is 23.4. The summed E-state index contributed by atoms with van der Waals surface area (Å²) >= 11 is 0. The van der Waals surface area contributed by atoms with Crippen LogP contribution in [0.5, 0.6) is 5.75 Å². The molecule has 2 fully saturated rings. The minimum absolute atomic E-state index is 0.121. The number of carbonyl (C=O) groups is 1. The van der Waals surface area contributed by atoms with E-state index in [0.29, 0.717) is 29.3 Å². The highest BCUT2D eigenvalue weighted by Gasteiger charge is 2.33. The Morgan fingerprint density at radius 3 is 2.76 bits per heavy atom. The molecule has 10 heteroatoms. The number of amides is 1. The summed E-state index contributed by atoms with van der Waals surface area (Å²) in [6, 6.07) is 12.1. The third-order valence-electron chi connectivity index (χ3n) is 6.78. The summed E-state index contributed by atoms with van der Waals surface area (Å²) in [6.45, 7) is 3.45. The molecule has 0 aromatic carbocycles. The molecule has 190 valence electrons. The van der Waals surface area contributed by atoms with Crippen molar-refractivity contribution in [1.29, 1.82) is 0 Å². The van der Waals surface area contributed by atoms with Crippen LogP contribution in [0.3, 0.4) is 0 Å². The third kappa shape index (κ3) is 4.98. The fraction of sp³-hybridized carbons (Fsp3) is 0.333. The number of piperidine rings is 1. The van der Waals surface area contributed by atoms with Crippen LogP contribution in [0.1, 0.15) is 28.9 Å². The van der Waals surface area contributed by atoms with E-state index >= 15 is 0 Å². The van der Waals surface area contributed by atoms with E-state index < -0.39 is 0 Å². The van der Waals surface area contributed by atoms with E-state index in [2.05, 4.69) is 43.1 Å². The van der Waals surface area contributed by atoms with E-state index in [1.54, 1.807) is 29.9 Å². The second kappa shape index (κ2) is 9.79. The highest BCUT2D eigenvalue weighted by atomic mass is 16.5. The predicted molar refractivity (Wildman–Crippen MR) is 139 cm³/mol. The van der Waals surface area contributed by atoms with Gasteiger partial charge < -0.3 is 25.4 Å². The zero-order valence-corrected chi connectivity index (χ0v) is 20.8. The van der Waals surface area contributed by atoms with E-state index in [1.165, 1.54) is 0 Å². The van der Waals surface area contributed by atoms with Crippen LogP contribution < -0.4 is 20.7 Å². The van der Waals surface area contributed by atoms with Crippen LogP contribution in [0.25, 0.3) is 16.6 Å². The largest absolute Gasteiger partial charge is 0.488 e. The Morgan fingerprint density at radius 1 is 1.11 bits per heavy atom. The number of hydrogen-bond acceptors (Lipinski definition) is 8. The van der Waals surface area contributed by atoms with Gasteiger partial charge in [0.2, 0.25) is 0 Å². The molecule has 4 aromatic rings. The zero-order chi connectivity index (χ0) is 25.4. The molecular weight excluding hydrogens is 470 g/mol. The first-order chi connectivity index (χ1) is 18.0. The van der Waals surface area contributed by atoms with Crippen molar-refractivity contribution in [2.24, 2.45) is 0 Å². The number of anilines is 2. The minimum Gasteiger partial charge on any atom is -0.488 e. The lowest BCUT2D eigenvalue weighted by atomic mass is 9.94. The Bertz CT molecular complexity index is 1440. The lowest BCUT2D eigenvalue weighted by Crippen LogP contribution is -2.56. The number of aryl methyl sites for hydroxylation is 1. The number of rotatable bonds is 6. The molecule has 1 amide bonds. The summed E-state index contributed by atoms with van der Waals surface area (Å²) in [5.74, 6) is 1.79. The van der Waals surface area contributed by atoms with Gasteiger partial charge >= 0.3 is 0 Å². The molecule has 1 unspecified atom stereocenters. The Kier molecular flexibility index (Phi) is 6.19. The van der Waals surface area contributed by atoms with Crippen molar-refractivity contribution in [3.8, 4) is 16.9 Å². The van der Waals surface area contributed by atoms with Gasteiger partial charge in [-0.2, -0.15) is 5.10 Å². The number of hydrogen-bond donors (Lipinski definition) is 3. The van der Waals surface area contributed by atoms with Gasteiger partial charge in [0.1, 0.15) is 17.7 Å². The molecule has 0 saturated carbocycles. The first-order valence-electron chi connectivity index (χ1n) is 12.5. The normalized spacial score (nSPS) is 21.0. The molecule has 3 atom stereocenters. The van der Waals surface area contributed by atoms with Crippen molar-refractivity contribution in [2.75, 3.05) is 25.6 Å². The van der Waals surface area contributed by atoms with Crippen LogP contribution in [0.4, 0.5) is 11.6 Å². The Labute approximate surface area is 214 Å². The fourth-order valence-electron chi connectivity index (χ4n) is 5.07. The number of aromatic nitrogens is 4. The van der Waals surface area contributed by atoms with Crippen molar-refractivity contribution in [3.63, 3.8) is 0 Å². The molecule has 10 nitrogen and oxygen atoms in total. The van der Waals surface area contributed by atoms with E-state index in [0.717, 1.165) is 54.1 Å². The maximum absolute atomic E-state index is 11.9. The summed E-state index contributed by atoms with van der Waals surface area (Å²) in [4.78, 5) is 20.8. The van der Waals surface area contributed by atoms with Gasteiger partial charge in [-0.05, 0) is 42.8 Å². The zero-order valence-electron chi connectivity index (χ0n) is 20.8. The predicted octanol–water partition coefficient (Wildman–Crippen LogP) is 3.10. The quantitative estimate of drug-likeness (QED) is 0.371. The molecule has 4 aromatic heterocycles. The fourth-order valence-corrected chi connectivity index (χ4v) is 5.07. The Balaban J connectivity index is 1.26. The summed E-state index contributed by atoms with van der Waals surface area (Å²) < 4.78 is 14.0. The van der Waals surface area contributed by atoms with E-state index in [-0.39, 0.29) is 12.0 Å². The van der Waals surface area contributed by atoms with Gasteiger partial charge in [0.25, 0.3) is 5.91 Å². The third-order valence-corrected chi connectivity index (χ3v) is 6.78. The van der Waals surface area contributed by atoms with Crippen LogP contribution in [0.2, 0.25) is 0 Å². The molecule has 0 radical (unpaired) electrons. The van der Waals surface area contributed by atoms with Crippen molar-refractivity contribution in [1.82, 2.24) is 30.2 Å². The maximum Gasteiger partial charge on any atom is 0.251 e. The van der Waals surface area contributed by atoms with Gasteiger partial charge in [-0.15, -0.1) is 0 Å². The molecule has 37 heavy (non-hydrogen) atoms. The van der Waals surface area contributed by atoms with Crippen molar-refractivity contribution >= 4 is 23.1 Å². The molecule has 2 aliphatic heterocycles. The highest BCUT2D eigenvalue weighted by Crippen LogP contribution is 2.34. The van der Waals surface area contributed by atoms with Crippen LogP contribution in [0, 0.1) is 6.92 Å². The lowest BCUT2D eigenvalue weighted by molar-refractivity contribution is -0.0122. The molecular formula is C27H29N7O3. The summed E-state index contributed by atoms with van der Waals surface area (Å²) in [5.41, 5.74) is 4.39. The van der Waals surface area contributed by atoms with Crippen LogP contribution in [-0.2, 0) is 4.74 Å². The lowest BCUT2D eigenvalue weighted by Gasteiger charge is -2.40. The second-order valence-corrected chi connectivity index (χ2v) is 9.58. The van der Waals surface area contributed by atoms with Gasteiger partial charge in [0, 0.05) is 67.3 Å². The number of fused-ring (bicyclic) bond motifs is 3. The minimum atomic E-state index is -0.170. The van der Waals surface area contributed by atoms with Crippen molar-refractivity contribution < 1.29 is 14.3 Å². The van der Waals surface area contributed by atoms with E-state index in [9.17, 15) is 4.79 Å². The molecule has 0 spiro atoms. The van der Waals surface area contributed by atoms with Gasteiger partial charge in [0.15, 0.2) is 5.82 Å². The van der Waals surface area contributed by atoms with E-state index in [4.69, 9.17) is 9.47 Å². The summed E-state index contributed by atoms with van der Waals surface area (Å²) in [5, 5.41) is 14.0. The number of pyridine rings is 3. The average molecular weight is 500 g/mol. The number of carbonyl (C=O) groups excluding carboxylic acids is 1. The standard InChI is InChI=1S/C27H29N7O3/c1-16-7-23(24(13-30-16)37-22-10-19-14-36-15-20(11-22)31-19)17-4-6-34-21(8-17)12-26(33-34)32-25-9-18(3-5-29-25)27(35)28-2/h3-9,12-13,19-20,22,31H,10-11,14-15H2,1-2H3,(H,28,35)(H,29,32,33)/t19-,20+,22?. The van der Waals surface area contributed by atoms with Gasteiger partial charge in [0.05, 0.1) is 24.9 Å². The van der Waals surface area contributed by atoms with Crippen LogP contribution in [-0.4, -0.2) is 63.9 Å². The second-order valence-electron chi connectivity index (χ2n) is 9.58. The number of ether oxygens (including phenoxy) is 2. The molecule has 2 aliphatic rings. The number of morpholine rings is 1. The smallest absolute Gasteiger partial charge is 0.251 e. The summed E-state index contributed by atoms with van der Waals surface area (Å²) in [7, 11) is 1.60. The topological polar surface area (TPSA) is 115 Å². The van der Waals surface area contributed by atoms with Gasteiger partial charge in [-0.1, -0.05) is 0 Å². The number of nitrogens with zero attached hydrogens (tertiary/aromatic N) is 4. The monoisotopic (exact) mass is 499 g/mol. The first-order valence-corrected chi connectivity index (χ1v) is 12.5. The van der Waals surface area contributed by atoms with Crippen LogP contribution >= 0.6 is 0 Å². The highest BCUT2D eigenvalue weighted by molar-refractivity contribution is 5.94. The molecule has 2 saturated heterocycles. The molecule has 6 heterocycles. The van der Waals surface area contributed by atoms with Crippen molar-refractivity contribution in [3.05, 3.63) is 66.2 Å². The van der Waals surface area contributed by atoms with Crippen LogP contribution in [0.15, 0.2) is 55.0 Å².